The molecule has 0 saturated heterocycles. The minimum atomic E-state index is -1.10. The molecular weight excluding hydrogens is 766 g/mol. The van der Waals surface area contributed by atoms with Crippen LogP contribution in [0.15, 0.2) is 82.6 Å². The third-order valence-corrected chi connectivity index (χ3v) is 8.97. The van der Waals surface area contributed by atoms with Gasteiger partial charge in [0.15, 0.2) is 13.2 Å². The van der Waals surface area contributed by atoms with Crippen LogP contribution < -0.4 is 9.47 Å². The molecule has 0 heterocycles. The number of carboxylic acids is 2. The van der Waals surface area contributed by atoms with Crippen molar-refractivity contribution in [1.82, 2.24) is 0 Å². The number of carboxylic acid groups (broad SMARTS) is 2. The van der Waals surface area contributed by atoms with Crippen LogP contribution in [0.3, 0.4) is 0 Å². The molecule has 0 aromatic heterocycles. The highest BCUT2D eigenvalue weighted by Gasteiger charge is 2.08. The van der Waals surface area contributed by atoms with Crippen LogP contribution >= 0.6 is 58.3 Å². The molecule has 6 nitrogen and oxygen atoms in total. The second kappa shape index (κ2) is 23.6. The van der Waals surface area contributed by atoms with Gasteiger partial charge in [-0.3, -0.25) is 0 Å². The molecule has 4 rings (SSSR count). The molecule has 0 bridgehead atoms. The average molecular weight is 804 g/mol. The first-order valence-electron chi connectivity index (χ1n) is 16.1. The van der Waals surface area contributed by atoms with Crippen LogP contribution in [0.5, 0.6) is 11.5 Å². The Morgan fingerprint density at radius 1 is 0.712 bits per heavy atom. The van der Waals surface area contributed by atoms with Crippen molar-refractivity contribution in [1.29, 1.82) is 0 Å². The third kappa shape index (κ3) is 16.2. The SMILES string of the molecule is CC.CC(C)Sc1ccc(F)c(C#Cc2cc(Cl)ccc2OCC(=O)O)c1.CCCSc1ccc(Cl)c(C#Cc2cc(Cl)ccc2OCC(=O)O)c1. The summed E-state index contributed by atoms with van der Waals surface area (Å²) in [4.78, 5) is 23.4. The molecule has 274 valence electrons. The van der Waals surface area contributed by atoms with Gasteiger partial charge in [0.25, 0.3) is 0 Å². The molecule has 52 heavy (non-hydrogen) atoms. The maximum atomic E-state index is 14.0. The van der Waals surface area contributed by atoms with Gasteiger partial charge in [-0.2, -0.15) is 0 Å². The van der Waals surface area contributed by atoms with Crippen molar-refractivity contribution < 1.29 is 33.7 Å². The third-order valence-electron chi connectivity index (χ3n) is 5.97. The highest BCUT2D eigenvalue weighted by molar-refractivity contribution is 8.00. The van der Waals surface area contributed by atoms with E-state index in [2.05, 4.69) is 44.5 Å². The van der Waals surface area contributed by atoms with Crippen LogP contribution in [0.4, 0.5) is 4.39 Å². The monoisotopic (exact) mass is 802 g/mol. The lowest BCUT2D eigenvalue weighted by molar-refractivity contribution is -0.140. The maximum Gasteiger partial charge on any atom is 0.341 e. The van der Waals surface area contributed by atoms with Crippen LogP contribution in [0.2, 0.25) is 15.1 Å². The number of hydrogen-bond acceptors (Lipinski definition) is 6. The predicted octanol–water partition coefficient (Wildman–Crippen LogP) is 11.2. The van der Waals surface area contributed by atoms with E-state index < -0.39 is 31.0 Å². The molecule has 0 aliphatic carbocycles. The fourth-order valence-electron chi connectivity index (χ4n) is 3.86. The summed E-state index contributed by atoms with van der Waals surface area (Å²) < 4.78 is 24.4. The Hall–Kier alpha value is -3.96. The fourth-order valence-corrected chi connectivity index (χ4v) is 6.05. The summed E-state index contributed by atoms with van der Waals surface area (Å²) in [5.74, 6) is 10.7. The lowest BCUT2D eigenvalue weighted by Gasteiger charge is -2.07. The number of thioether (sulfide) groups is 2. The predicted molar refractivity (Wildman–Crippen MR) is 212 cm³/mol. The van der Waals surface area contributed by atoms with Gasteiger partial charge in [0, 0.05) is 30.6 Å². The van der Waals surface area contributed by atoms with E-state index in [1.165, 1.54) is 12.1 Å². The number of rotatable bonds is 11. The van der Waals surface area contributed by atoms with Crippen LogP contribution in [0.1, 0.15) is 63.3 Å². The fraction of sp³-hybridized carbons (Fsp3) is 0.250. The van der Waals surface area contributed by atoms with Gasteiger partial charge in [-0.1, -0.05) is 93.1 Å². The topological polar surface area (TPSA) is 93.1 Å². The number of halogens is 4. The maximum absolute atomic E-state index is 14.0. The minimum absolute atomic E-state index is 0.259. The molecule has 0 aliphatic heterocycles. The van der Waals surface area contributed by atoms with Gasteiger partial charge < -0.3 is 19.7 Å². The van der Waals surface area contributed by atoms with E-state index in [4.69, 9.17) is 54.5 Å². The van der Waals surface area contributed by atoms with E-state index in [1.807, 2.05) is 32.0 Å². The van der Waals surface area contributed by atoms with Crippen LogP contribution in [-0.2, 0) is 9.59 Å². The van der Waals surface area contributed by atoms with Crippen molar-refractivity contribution in [2.45, 2.75) is 56.1 Å². The minimum Gasteiger partial charge on any atom is -0.481 e. The standard InChI is InChI=1S/C19H16Cl2O3S.C19H16ClFO3S.C2H6/c1-2-9-25-16-6-7-17(21)13(11-16)3-4-14-10-15(20)5-8-18(14)24-12-19(22)23;1-12(2)25-16-6-7-17(21)13(10-16)3-4-14-9-15(20)5-8-18(14)24-11-19(22)23;1-2/h5-8,10-11H,2,9,12H2,1H3,(H,22,23);5-10,12H,11H2,1-2H3,(H,22,23);1-2H3. The Morgan fingerprint density at radius 2 is 1.19 bits per heavy atom. The average Bonchev–Trinajstić information content (AvgIpc) is 3.10. The molecule has 4 aromatic rings. The summed E-state index contributed by atoms with van der Waals surface area (Å²) in [6.45, 7) is 9.29. The second-order valence-corrected chi connectivity index (χ2v) is 14.5. The Kier molecular flexibility index (Phi) is 20.0. The molecule has 0 amide bonds. The quantitative estimate of drug-likeness (QED) is 0.114. The molecule has 0 saturated carbocycles. The van der Waals surface area contributed by atoms with Gasteiger partial charge in [0.2, 0.25) is 0 Å². The van der Waals surface area contributed by atoms with Gasteiger partial charge in [-0.05, 0) is 85.0 Å². The van der Waals surface area contributed by atoms with Crippen molar-refractivity contribution in [2.24, 2.45) is 0 Å². The molecule has 0 unspecified atom stereocenters. The highest BCUT2D eigenvalue weighted by Crippen LogP contribution is 2.27. The zero-order valence-electron chi connectivity index (χ0n) is 29.2. The van der Waals surface area contributed by atoms with Crippen LogP contribution in [0, 0.1) is 29.5 Å². The summed E-state index contributed by atoms with van der Waals surface area (Å²) in [7, 11) is 0. The van der Waals surface area contributed by atoms with Gasteiger partial charge in [0.05, 0.1) is 21.7 Å². The molecule has 0 atom stereocenters. The summed E-state index contributed by atoms with van der Waals surface area (Å²) in [6.07, 6.45) is 1.08. The van der Waals surface area contributed by atoms with Gasteiger partial charge in [0.1, 0.15) is 17.3 Å². The molecule has 2 N–H and O–H groups in total. The number of carbonyl (C=O) groups is 2. The van der Waals surface area contributed by atoms with E-state index in [9.17, 15) is 14.0 Å². The molecular formula is C40H38Cl3FO6S2. The van der Waals surface area contributed by atoms with Crippen LogP contribution in [0.25, 0.3) is 0 Å². The number of ether oxygens (including phenoxy) is 2. The Bertz CT molecular complexity index is 1950. The summed E-state index contributed by atoms with van der Waals surface area (Å²) in [5.41, 5.74) is 1.87. The number of benzene rings is 4. The second-order valence-electron chi connectivity index (χ2n) is 10.4. The first kappa shape index (κ1) is 44.2. The van der Waals surface area contributed by atoms with E-state index in [0.717, 1.165) is 22.0 Å². The van der Waals surface area contributed by atoms with Gasteiger partial charge >= 0.3 is 11.9 Å². The first-order chi connectivity index (χ1) is 24.8. The van der Waals surface area contributed by atoms with Crippen molar-refractivity contribution in [3.63, 3.8) is 0 Å². The van der Waals surface area contributed by atoms with Crippen LogP contribution in [-0.4, -0.2) is 46.4 Å². The van der Waals surface area contributed by atoms with Crippen molar-refractivity contribution in [3.8, 4) is 35.2 Å². The van der Waals surface area contributed by atoms with Crippen molar-refractivity contribution in [3.05, 3.63) is 116 Å². The van der Waals surface area contributed by atoms with E-state index in [0.29, 0.717) is 42.8 Å². The van der Waals surface area contributed by atoms with Crippen molar-refractivity contribution >= 4 is 70.3 Å². The summed E-state index contributed by atoms with van der Waals surface area (Å²) in [6, 6.07) is 20.0. The molecule has 0 aliphatic rings. The molecule has 4 aromatic carbocycles. The normalized spacial score (nSPS) is 9.88. The summed E-state index contributed by atoms with van der Waals surface area (Å²) >= 11 is 21.5. The van der Waals surface area contributed by atoms with Gasteiger partial charge in [-0.15, -0.1) is 23.5 Å². The molecule has 0 spiro atoms. The van der Waals surface area contributed by atoms with E-state index in [1.54, 1.807) is 66.0 Å². The Labute approximate surface area is 328 Å². The van der Waals surface area contributed by atoms with E-state index >= 15 is 0 Å². The summed E-state index contributed by atoms with van der Waals surface area (Å²) in [5, 5.41) is 19.3. The Balaban J connectivity index is 0.000000344. The van der Waals surface area contributed by atoms with Gasteiger partial charge in [-0.25, -0.2) is 14.0 Å². The number of aliphatic carboxylic acids is 2. The smallest absolute Gasteiger partial charge is 0.341 e. The lowest BCUT2D eigenvalue weighted by atomic mass is 10.1. The molecule has 0 radical (unpaired) electrons. The Morgan fingerprint density at radius 3 is 1.69 bits per heavy atom. The van der Waals surface area contributed by atoms with Crippen molar-refractivity contribution in [2.75, 3.05) is 19.0 Å². The molecule has 12 heteroatoms. The number of hydrogen-bond donors (Lipinski definition) is 2. The first-order valence-corrected chi connectivity index (χ1v) is 19.0. The molecule has 0 fully saturated rings. The zero-order valence-corrected chi connectivity index (χ0v) is 33.1. The van der Waals surface area contributed by atoms with E-state index in [-0.39, 0.29) is 11.3 Å². The lowest BCUT2D eigenvalue weighted by Crippen LogP contribution is -2.10. The zero-order chi connectivity index (χ0) is 38.6. The largest absolute Gasteiger partial charge is 0.481 e. The highest BCUT2D eigenvalue weighted by atomic mass is 35.5.